The fourth-order valence-electron chi connectivity index (χ4n) is 4.45. The van der Waals surface area contributed by atoms with Crippen molar-refractivity contribution >= 4 is 5.91 Å². The number of nitrogens with one attached hydrogen (secondary N) is 1. The molecule has 0 spiro atoms. The first kappa shape index (κ1) is 16.1. The minimum atomic E-state index is 0.151. The van der Waals surface area contributed by atoms with Crippen molar-refractivity contribution in [3.63, 3.8) is 0 Å². The molecule has 2 saturated carbocycles. The smallest absolute Gasteiger partial charge is 0.237 e. The van der Waals surface area contributed by atoms with Gasteiger partial charge in [0.2, 0.25) is 5.91 Å². The van der Waals surface area contributed by atoms with Crippen molar-refractivity contribution in [1.29, 1.82) is 0 Å². The quantitative estimate of drug-likeness (QED) is 0.867. The van der Waals surface area contributed by atoms with E-state index in [0.29, 0.717) is 24.5 Å². The van der Waals surface area contributed by atoms with Gasteiger partial charge in [-0.2, -0.15) is 0 Å². The van der Waals surface area contributed by atoms with Crippen LogP contribution in [-0.2, 0) is 9.53 Å². The second-order valence-corrected chi connectivity index (χ2v) is 7.48. The molecule has 2 aliphatic carbocycles. The van der Waals surface area contributed by atoms with E-state index in [0.717, 1.165) is 18.8 Å². The molecule has 1 aliphatic heterocycles. The van der Waals surface area contributed by atoms with Crippen molar-refractivity contribution in [3.05, 3.63) is 18.2 Å². The van der Waals surface area contributed by atoms with Gasteiger partial charge in [0.25, 0.3) is 0 Å². The number of carbonyl (C=O) groups excluding carboxylic acids is 1. The number of hydrogen-bond acceptors (Lipinski definition) is 4. The molecule has 0 radical (unpaired) electrons. The van der Waals surface area contributed by atoms with Gasteiger partial charge in [-0.1, -0.05) is 12.8 Å². The number of carbonyl (C=O) groups is 1. The highest BCUT2D eigenvalue weighted by atomic mass is 16.5. The van der Waals surface area contributed by atoms with Crippen LogP contribution in [0.1, 0.15) is 56.8 Å². The topological polar surface area (TPSA) is 61.5 Å². The van der Waals surface area contributed by atoms with Crippen LogP contribution in [0.5, 0.6) is 0 Å². The molecular weight excluding hydrogens is 304 g/mol. The number of ether oxygens (including phenoxy) is 1. The summed E-state index contributed by atoms with van der Waals surface area (Å²) in [5.41, 5.74) is 0. The highest BCUT2D eigenvalue weighted by molar-refractivity contribution is 5.79. The Kier molecular flexibility index (Phi) is 4.59. The average molecular weight is 332 g/mol. The number of nitrogens with zero attached hydrogens (tertiary/aromatic N) is 3. The number of aromatic amines is 1. The molecule has 24 heavy (non-hydrogen) atoms. The van der Waals surface area contributed by atoms with E-state index in [4.69, 9.17) is 4.74 Å². The lowest BCUT2D eigenvalue weighted by molar-refractivity contribution is -0.135. The average Bonchev–Trinajstić information content (AvgIpc) is 3.02. The number of methoxy groups -OCH3 is 1. The Hall–Kier alpha value is -1.40. The van der Waals surface area contributed by atoms with Crippen LogP contribution in [0, 0.1) is 0 Å². The van der Waals surface area contributed by atoms with Gasteiger partial charge in [0, 0.05) is 38.1 Å². The van der Waals surface area contributed by atoms with E-state index in [1.54, 1.807) is 13.3 Å². The van der Waals surface area contributed by atoms with Crippen LogP contribution in [0.15, 0.2) is 12.4 Å². The molecule has 4 rings (SSSR count). The molecular formula is C18H28N4O2. The van der Waals surface area contributed by atoms with Crippen molar-refractivity contribution in [2.24, 2.45) is 0 Å². The SMILES string of the molecule is CO[C@@H]1CC(c2ncc[nH]2)N(CC(=O)N(C2CCCC2)C2CC2)C1. The van der Waals surface area contributed by atoms with Crippen molar-refractivity contribution in [1.82, 2.24) is 19.8 Å². The van der Waals surface area contributed by atoms with Crippen LogP contribution in [0.3, 0.4) is 0 Å². The van der Waals surface area contributed by atoms with E-state index in [1.807, 2.05) is 6.20 Å². The molecule has 1 aromatic rings. The first-order chi connectivity index (χ1) is 11.8. The maximum Gasteiger partial charge on any atom is 0.237 e. The number of imidazole rings is 1. The van der Waals surface area contributed by atoms with E-state index in [9.17, 15) is 4.79 Å². The lowest BCUT2D eigenvalue weighted by Crippen LogP contribution is -2.46. The maximum absolute atomic E-state index is 13.1. The second kappa shape index (κ2) is 6.84. The molecule has 2 heterocycles. The molecule has 132 valence electrons. The zero-order valence-electron chi connectivity index (χ0n) is 14.5. The van der Waals surface area contributed by atoms with Gasteiger partial charge in [0.1, 0.15) is 5.82 Å². The minimum absolute atomic E-state index is 0.151. The Morgan fingerprint density at radius 1 is 1.33 bits per heavy atom. The largest absolute Gasteiger partial charge is 0.380 e. The van der Waals surface area contributed by atoms with Crippen LogP contribution in [0.2, 0.25) is 0 Å². The zero-order chi connectivity index (χ0) is 16.5. The molecule has 1 amide bonds. The number of rotatable bonds is 6. The van der Waals surface area contributed by atoms with E-state index in [2.05, 4.69) is 19.8 Å². The van der Waals surface area contributed by atoms with Crippen molar-refractivity contribution < 1.29 is 9.53 Å². The number of amides is 1. The lowest BCUT2D eigenvalue weighted by atomic mass is 10.1. The van der Waals surface area contributed by atoms with Crippen molar-refractivity contribution in [2.45, 2.75) is 69.2 Å². The van der Waals surface area contributed by atoms with Gasteiger partial charge in [-0.15, -0.1) is 0 Å². The van der Waals surface area contributed by atoms with E-state index in [-0.39, 0.29) is 12.1 Å². The molecule has 2 atom stereocenters. The first-order valence-corrected chi connectivity index (χ1v) is 9.33. The third kappa shape index (κ3) is 3.22. The summed E-state index contributed by atoms with van der Waals surface area (Å²) in [7, 11) is 1.75. The Morgan fingerprint density at radius 3 is 2.71 bits per heavy atom. The molecule has 6 nitrogen and oxygen atoms in total. The highest BCUT2D eigenvalue weighted by Gasteiger charge is 2.41. The fraction of sp³-hybridized carbons (Fsp3) is 0.778. The number of H-pyrrole nitrogens is 1. The molecule has 1 saturated heterocycles. The van der Waals surface area contributed by atoms with E-state index in [1.165, 1.54) is 38.5 Å². The van der Waals surface area contributed by atoms with Gasteiger partial charge >= 0.3 is 0 Å². The monoisotopic (exact) mass is 332 g/mol. The minimum Gasteiger partial charge on any atom is -0.380 e. The van der Waals surface area contributed by atoms with Gasteiger partial charge in [-0.3, -0.25) is 9.69 Å². The summed E-state index contributed by atoms with van der Waals surface area (Å²) in [6, 6.07) is 1.13. The molecule has 0 bridgehead atoms. The predicted octanol–water partition coefficient (Wildman–Crippen LogP) is 2.11. The summed E-state index contributed by atoms with van der Waals surface area (Å²) < 4.78 is 5.56. The molecule has 6 heteroatoms. The zero-order valence-corrected chi connectivity index (χ0v) is 14.5. The number of aromatic nitrogens is 2. The molecule has 3 aliphatic rings. The Bertz CT molecular complexity index is 551. The summed E-state index contributed by atoms with van der Waals surface area (Å²) >= 11 is 0. The van der Waals surface area contributed by atoms with Gasteiger partial charge in [-0.25, -0.2) is 4.98 Å². The van der Waals surface area contributed by atoms with Crippen molar-refractivity contribution in [3.8, 4) is 0 Å². The van der Waals surface area contributed by atoms with Gasteiger partial charge < -0.3 is 14.6 Å². The van der Waals surface area contributed by atoms with Gasteiger partial charge in [0.15, 0.2) is 0 Å². The molecule has 1 aromatic heterocycles. The van der Waals surface area contributed by atoms with Crippen LogP contribution in [0.25, 0.3) is 0 Å². The Morgan fingerprint density at radius 2 is 2.08 bits per heavy atom. The third-order valence-electron chi connectivity index (χ3n) is 5.82. The van der Waals surface area contributed by atoms with E-state index >= 15 is 0 Å². The van der Waals surface area contributed by atoms with E-state index < -0.39 is 0 Å². The summed E-state index contributed by atoms with van der Waals surface area (Å²) in [6.07, 6.45) is 12.0. The molecule has 1 unspecified atom stereocenters. The van der Waals surface area contributed by atoms with Gasteiger partial charge in [0.05, 0.1) is 18.7 Å². The fourth-order valence-corrected chi connectivity index (χ4v) is 4.45. The molecule has 0 aromatic carbocycles. The summed E-state index contributed by atoms with van der Waals surface area (Å²) in [5.74, 6) is 1.25. The molecule has 3 fully saturated rings. The standard InChI is InChI=1S/C18H28N4O2/c1-24-15-10-16(18-19-8-9-20-18)21(11-15)12-17(23)22(14-6-7-14)13-4-2-3-5-13/h8-9,13-16H,2-7,10-12H2,1H3,(H,19,20)/t15-,16?/m1/s1. The second-order valence-electron chi connectivity index (χ2n) is 7.48. The number of hydrogen-bond donors (Lipinski definition) is 1. The summed E-state index contributed by atoms with van der Waals surface area (Å²) in [5, 5.41) is 0. The first-order valence-electron chi connectivity index (χ1n) is 9.33. The highest BCUT2D eigenvalue weighted by Crippen LogP contribution is 2.36. The van der Waals surface area contributed by atoms with Gasteiger partial charge in [-0.05, 0) is 32.1 Å². The summed E-state index contributed by atoms with van der Waals surface area (Å²) in [6.45, 7) is 1.29. The number of likely N-dealkylation sites (tertiary alicyclic amines) is 1. The maximum atomic E-state index is 13.1. The lowest BCUT2D eigenvalue weighted by Gasteiger charge is -2.32. The van der Waals surface area contributed by atoms with Crippen LogP contribution < -0.4 is 0 Å². The van der Waals surface area contributed by atoms with Crippen LogP contribution in [-0.4, -0.2) is 64.1 Å². The Labute approximate surface area is 143 Å². The Balaban J connectivity index is 1.46. The normalized spacial score (nSPS) is 28.5. The summed E-state index contributed by atoms with van der Waals surface area (Å²) in [4.78, 5) is 25.2. The molecule has 1 N–H and O–H groups in total. The van der Waals surface area contributed by atoms with Crippen LogP contribution >= 0.6 is 0 Å². The third-order valence-corrected chi connectivity index (χ3v) is 5.82. The van der Waals surface area contributed by atoms with Crippen molar-refractivity contribution in [2.75, 3.05) is 20.2 Å². The predicted molar refractivity (Wildman–Crippen MR) is 90.4 cm³/mol. The van der Waals surface area contributed by atoms with Crippen LogP contribution in [0.4, 0.5) is 0 Å².